The Hall–Kier alpha value is -1.60. The van der Waals surface area contributed by atoms with E-state index in [1.165, 1.54) is 19.3 Å². The van der Waals surface area contributed by atoms with Crippen molar-refractivity contribution in [1.29, 1.82) is 5.26 Å². The van der Waals surface area contributed by atoms with Gasteiger partial charge in [0.1, 0.15) is 5.82 Å². The fraction of sp³-hybridized carbons (Fsp3) is 0.500. The first-order valence-corrected chi connectivity index (χ1v) is 5.72. The van der Waals surface area contributed by atoms with Gasteiger partial charge >= 0.3 is 0 Å². The van der Waals surface area contributed by atoms with Crippen LogP contribution in [-0.4, -0.2) is 24.1 Å². The molecular formula is C12H16N4. The monoisotopic (exact) mass is 216 g/mol. The molecule has 0 bridgehead atoms. The maximum absolute atomic E-state index is 8.76. The summed E-state index contributed by atoms with van der Waals surface area (Å²) in [6.45, 7) is 1.99. The molecule has 0 aliphatic carbocycles. The van der Waals surface area contributed by atoms with Gasteiger partial charge in [-0.2, -0.15) is 5.26 Å². The molecule has 0 unspecified atom stereocenters. The van der Waals surface area contributed by atoms with Gasteiger partial charge in [-0.15, -0.1) is 0 Å². The van der Waals surface area contributed by atoms with Crippen molar-refractivity contribution in [3.63, 3.8) is 0 Å². The van der Waals surface area contributed by atoms with E-state index in [9.17, 15) is 0 Å². The summed E-state index contributed by atoms with van der Waals surface area (Å²) in [5, 5.41) is 15.5. The van der Waals surface area contributed by atoms with E-state index >= 15 is 0 Å². The van der Waals surface area contributed by atoms with Crippen LogP contribution in [0, 0.1) is 11.3 Å². The summed E-state index contributed by atoms with van der Waals surface area (Å²) in [6, 6.07) is 6.13. The van der Waals surface area contributed by atoms with Crippen molar-refractivity contribution in [2.45, 2.75) is 25.3 Å². The lowest BCUT2D eigenvalue weighted by atomic mass is 10.1. The SMILES string of the molecule is N#Cc1ccnc(NC[C@@H]2CCCCN2)c1. The highest BCUT2D eigenvalue weighted by Crippen LogP contribution is 2.09. The maximum Gasteiger partial charge on any atom is 0.127 e. The van der Waals surface area contributed by atoms with Crippen LogP contribution in [0.1, 0.15) is 24.8 Å². The van der Waals surface area contributed by atoms with Gasteiger partial charge in [0.15, 0.2) is 0 Å². The van der Waals surface area contributed by atoms with Crippen LogP contribution in [0.2, 0.25) is 0 Å². The smallest absolute Gasteiger partial charge is 0.127 e. The number of hydrogen-bond donors (Lipinski definition) is 2. The second kappa shape index (κ2) is 5.47. The molecule has 1 fully saturated rings. The summed E-state index contributed by atoms with van der Waals surface area (Å²) >= 11 is 0. The van der Waals surface area contributed by atoms with Crippen molar-refractivity contribution in [1.82, 2.24) is 10.3 Å². The molecule has 0 aromatic carbocycles. The van der Waals surface area contributed by atoms with Gasteiger partial charge in [0.2, 0.25) is 0 Å². The Balaban J connectivity index is 1.86. The summed E-state index contributed by atoms with van der Waals surface area (Å²) in [5.41, 5.74) is 0.647. The Bertz CT molecular complexity index is 377. The summed E-state index contributed by atoms with van der Waals surface area (Å²) in [6.07, 6.45) is 5.45. The van der Waals surface area contributed by atoms with Crippen LogP contribution in [0.3, 0.4) is 0 Å². The molecule has 1 aromatic heterocycles. The predicted octanol–water partition coefficient (Wildman–Crippen LogP) is 1.51. The normalized spacial score (nSPS) is 20.1. The summed E-state index contributed by atoms with van der Waals surface area (Å²) in [4.78, 5) is 4.18. The summed E-state index contributed by atoms with van der Waals surface area (Å²) in [7, 11) is 0. The van der Waals surface area contributed by atoms with Crippen molar-refractivity contribution >= 4 is 5.82 Å². The van der Waals surface area contributed by atoms with E-state index in [0.29, 0.717) is 11.6 Å². The largest absolute Gasteiger partial charge is 0.368 e. The number of nitriles is 1. The zero-order valence-corrected chi connectivity index (χ0v) is 9.24. The van der Waals surface area contributed by atoms with Crippen molar-refractivity contribution in [2.24, 2.45) is 0 Å². The Morgan fingerprint density at radius 1 is 1.56 bits per heavy atom. The van der Waals surface area contributed by atoms with Gasteiger partial charge in [-0.3, -0.25) is 0 Å². The third-order valence-electron chi connectivity index (χ3n) is 2.83. The van der Waals surface area contributed by atoms with E-state index in [-0.39, 0.29) is 0 Å². The van der Waals surface area contributed by atoms with E-state index in [2.05, 4.69) is 21.7 Å². The van der Waals surface area contributed by atoms with Gasteiger partial charge < -0.3 is 10.6 Å². The second-order valence-electron chi connectivity index (χ2n) is 4.07. The standard InChI is InChI=1S/C12H16N4/c13-8-10-4-6-15-12(7-10)16-9-11-3-1-2-5-14-11/h4,6-7,11,14H,1-3,5,9H2,(H,15,16)/t11-/m0/s1. The van der Waals surface area contributed by atoms with Crippen LogP contribution in [0.25, 0.3) is 0 Å². The molecule has 1 saturated heterocycles. The Kier molecular flexibility index (Phi) is 3.73. The molecule has 4 heteroatoms. The number of hydrogen-bond acceptors (Lipinski definition) is 4. The molecule has 1 aliphatic heterocycles. The zero-order chi connectivity index (χ0) is 11.2. The quantitative estimate of drug-likeness (QED) is 0.804. The fourth-order valence-corrected chi connectivity index (χ4v) is 1.92. The topological polar surface area (TPSA) is 60.7 Å². The van der Waals surface area contributed by atoms with Gasteiger partial charge in [-0.1, -0.05) is 6.42 Å². The van der Waals surface area contributed by atoms with Crippen LogP contribution in [-0.2, 0) is 0 Å². The van der Waals surface area contributed by atoms with Gasteiger partial charge in [0, 0.05) is 18.8 Å². The molecule has 1 aromatic rings. The van der Waals surface area contributed by atoms with E-state index in [1.54, 1.807) is 18.3 Å². The van der Waals surface area contributed by atoms with E-state index in [1.807, 2.05) is 0 Å². The fourth-order valence-electron chi connectivity index (χ4n) is 1.92. The van der Waals surface area contributed by atoms with Crippen LogP contribution < -0.4 is 10.6 Å². The van der Waals surface area contributed by atoms with Gasteiger partial charge in [0.25, 0.3) is 0 Å². The van der Waals surface area contributed by atoms with E-state index in [0.717, 1.165) is 18.9 Å². The average molecular weight is 216 g/mol. The molecule has 2 N–H and O–H groups in total. The number of anilines is 1. The lowest BCUT2D eigenvalue weighted by Crippen LogP contribution is -2.39. The Morgan fingerprint density at radius 3 is 3.25 bits per heavy atom. The lowest BCUT2D eigenvalue weighted by molar-refractivity contribution is 0.414. The summed E-state index contributed by atoms with van der Waals surface area (Å²) in [5.74, 6) is 0.784. The average Bonchev–Trinajstić information content (AvgIpc) is 2.38. The molecule has 1 aliphatic rings. The first-order valence-electron chi connectivity index (χ1n) is 5.72. The Labute approximate surface area is 95.7 Å². The molecule has 1 atom stereocenters. The molecule has 4 nitrogen and oxygen atoms in total. The molecular weight excluding hydrogens is 200 g/mol. The van der Waals surface area contributed by atoms with E-state index in [4.69, 9.17) is 5.26 Å². The molecule has 0 spiro atoms. The third-order valence-corrected chi connectivity index (χ3v) is 2.83. The number of rotatable bonds is 3. The van der Waals surface area contributed by atoms with Crippen LogP contribution in [0.4, 0.5) is 5.82 Å². The first-order chi connectivity index (χ1) is 7.88. The highest BCUT2D eigenvalue weighted by atomic mass is 15.0. The lowest BCUT2D eigenvalue weighted by Gasteiger charge is -2.23. The molecule has 2 rings (SSSR count). The van der Waals surface area contributed by atoms with E-state index < -0.39 is 0 Å². The first kappa shape index (κ1) is 10.9. The minimum atomic E-state index is 0.529. The van der Waals surface area contributed by atoms with Crippen molar-refractivity contribution in [2.75, 3.05) is 18.4 Å². The summed E-state index contributed by atoms with van der Waals surface area (Å²) < 4.78 is 0. The number of nitrogens with one attached hydrogen (secondary N) is 2. The van der Waals surface area contributed by atoms with Crippen LogP contribution in [0.15, 0.2) is 18.3 Å². The number of pyridine rings is 1. The highest BCUT2D eigenvalue weighted by molar-refractivity contribution is 5.42. The molecule has 0 amide bonds. The molecule has 84 valence electrons. The molecule has 2 heterocycles. The number of nitrogens with zero attached hydrogens (tertiary/aromatic N) is 2. The van der Waals surface area contributed by atoms with Crippen molar-refractivity contribution in [3.05, 3.63) is 23.9 Å². The third kappa shape index (κ3) is 2.94. The highest BCUT2D eigenvalue weighted by Gasteiger charge is 2.11. The van der Waals surface area contributed by atoms with Gasteiger partial charge in [0.05, 0.1) is 11.6 Å². The van der Waals surface area contributed by atoms with Crippen molar-refractivity contribution in [3.8, 4) is 6.07 Å². The van der Waals surface area contributed by atoms with Gasteiger partial charge in [-0.05, 0) is 31.5 Å². The number of piperidine rings is 1. The molecule has 0 saturated carbocycles. The van der Waals surface area contributed by atoms with Crippen LogP contribution >= 0.6 is 0 Å². The number of aromatic nitrogens is 1. The molecule has 0 radical (unpaired) electrons. The minimum Gasteiger partial charge on any atom is -0.368 e. The zero-order valence-electron chi connectivity index (χ0n) is 9.24. The van der Waals surface area contributed by atoms with Crippen LogP contribution in [0.5, 0.6) is 0 Å². The maximum atomic E-state index is 8.76. The van der Waals surface area contributed by atoms with Crippen molar-refractivity contribution < 1.29 is 0 Å². The predicted molar refractivity (Wildman–Crippen MR) is 63.1 cm³/mol. The van der Waals surface area contributed by atoms with Gasteiger partial charge in [-0.25, -0.2) is 4.98 Å². The second-order valence-corrected chi connectivity index (χ2v) is 4.07. The Morgan fingerprint density at radius 2 is 2.50 bits per heavy atom. The molecule has 16 heavy (non-hydrogen) atoms. The minimum absolute atomic E-state index is 0.529.